The zero-order chi connectivity index (χ0) is 17.4. The van der Waals surface area contributed by atoms with Crippen molar-refractivity contribution in [2.45, 2.75) is 4.90 Å². The fourth-order valence-electron chi connectivity index (χ4n) is 3.02. The first-order valence-corrected chi connectivity index (χ1v) is 9.44. The summed E-state index contributed by atoms with van der Waals surface area (Å²) in [5.41, 5.74) is 1.44. The summed E-state index contributed by atoms with van der Waals surface area (Å²) in [7, 11) is -3.96. The van der Waals surface area contributed by atoms with E-state index in [1.165, 1.54) is 24.4 Å². The lowest BCUT2D eigenvalue weighted by Crippen LogP contribution is -2.43. The molecule has 130 valence electrons. The lowest BCUT2D eigenvalue weighted by molar-refractivity contribution is 0.578. The molecule has 0 atom stereocenters. The maximum Gasteiger partial charge on any atom is 0.283 e. The maximum atomic E-state index is 13.5. The Morgan fingerprint density at radius 3 is 2.64 bits per heavy atom. The fraction of sp³-hybridized carbons (Fsp3) is 0.235. The molecule has 2 aromatic carbocycles. The van der Waals surface area contributed by atoms with Crippen molar-refractivity contribution in [3.8, 4) is 0 Å². The van der Waals surface area contributed by atoms with Gasteiger partial charge in [-0.05, 0) is 36.4 Å². The Morgan fingerprint density at radius 1 is 1.08 bits per heavy atom. The van der Waals surface area contributed by atoms with Crippen LogP contribution < -0.4 is 10.2 Å². The first-order valence-electron chi connectivity index (χ1n) is 8.00. The number of aromatic nitrogens is 2. The third kappa shape index (κ3) is 2.87. The highest BCUT2D eigenvalue weighted by Crippen LogP contribution is 2.25. The molecule has 4 rings (SSSR count). The molecule has 0 bridgehead atoms. The summed E-state index contributed by atoms with van der Waals surface area (Å²) >= 11 is 0. The molecule has 0 aliphatic carbocycles. The van der Waals surface area contributed by atoms with Crippen molar-refractivity contribution < 1.29 is 12.8 Å². The minimum Gasteiger partial charge on any atom is -0.369 e. The fourth-order valence-corrected chi connectivity index (χ4v) is 4.32. The molecule has 1 aliphatic heterocycles. The van der Waals surface area contributed by atoms with Crippen molar-refractivity contribution >= 4 is 26.6 Å². The number of anilines is 1. The van der Waals surface area contributed by atoms with Gasteiger partial charge >= 0.3 is 0 Å². The number of fused-ring (bicyclic) bond motifs is 1. The zero-order valence-corrected chi connectivity index (χ0v) is 14.2. The second kappa shape index (κ2) is 6.12. The van der Waals surface area contributed by atoms with E-state index in [-0.39, 0.29) is 4.90 Å². The van der Waals surface area contributed by atoms with Crippen LogP contribution in [0.15, 0.2) is 53.6 Å². The van der Waals surface area contributed by atoms with Crippen molar-refractivity contribution in [2.24, 2.45) is 0 Å². The summed E-state index contributed by atoms with van der Waals surface area (Å²) in [6.45, 7) is 3.49. The second-order valence-corrected chi connectivity index (χ2v) is 7.70. The van der Waals surface area contributed by atoms with Crippen LogP contribution >= 0.6 is 0 Å². The van der Waals surface area contributed by atoms with Crippen molar-refractivity contribution in [3.05, 3.63) is 54.5 Å². The van der Waals surface area contributed by atoms with Gasteiger partial charge in [-0.25, -0.2) is 4.39 Å². The van der Waals surface area contributed by atoms with Gasteiger partial charge in [0, 0.05) is 37.3 Å². The SMILES string of the molecule is O=S(=O)(c1cccc(F)c1)n1ncc2ccc(N3CCNCC3)cc21. The van der Waals surface area contributed by atoms with Crippen molar-refractivity contribution in [3.63, 3.8) is 0 Å². The molecule has 1 aliphatic rings. The maximum absolute atomic E-state index is 13.5. The first kappa shape index (κ1) is 16.0. The van der Waals surface area contributed by atoms with Gasteiger partial charge in [-0.3, -0.25) is 0 Å². The van der Waals surface area contributed by atoms with E-state index in [2.05, 4.69) is 15.3 Å². The molecule has 0 amide bonds. The van der Waals surface area contributed by atoms with Crippen LogP contribution in [0.5, 0.6) is 0 Å². The predicted octanol–water partition coefficient (Wildman–Crippen LogP) is 1.82. The molecule has 1 aromatic heterocycles. The van der Waals surface area contributed by atoms with Gasteiger partial charge in [0.15, 0.2) is 0 Å². The average Bonchev–Trinajstić information content (AvgIpc) is 3.06. The molecule has 3 aromatic rings. The Bertz CT molecular complexity index is 1030. The average molecular weight is 360 g/mol. The highest BCUT2D eigenvalue weighted by Gasteiger charge is 2.22. The topological polar surface area (TPSA) is 67.2 Å². The molecule has 0 radical (unpaired) electrons. The smallest absolute Gasteiger partial charge is 0.283 e. The molecule has 1 saturated heterocycles. The standard InChI is InChI=1S/C17H17FN4O2S/c18-14-2-1-3-16(10-14)25(23,24)22-17-11-15(5-4-13(17)12-20-22)21-8-6-19-7-9-21/h1-5,10-12,19H,6-9H2. The zero-order valence-electron chi connectivity index (χ0n) is 13.4. The minimum absolute atomic E-state index is 0.120. The number of benzene rings is 2. The van der Waals surface area contributed by atoms with Crippen LogP contribution in [0.25, 0.3) is 10.9 Å². The number of piperazine rings is 1. The van der Waals surface area contributed by atoms with Gasteiger partial charge in [0.25, 0.3) is 10.0 Å². The molecule has 0 spiro atoms. The van der Waals surface area contributed by atoms with Crippen LogP contribution in [0.2, 0.25) is 0 Å². The van der Waals surface area contributed by atoms with E-state index in [1.807, 2.05) is 18.2 Å². The van der Waals surface area contributed by atoms with Gasteiger partial charge in [0.2, 0.25) is 0 Å². The third-order valence-electron chi connectivity index (χ3n) is 4.33. The largest absolute Gasteiger partial charge is 0.369 e. The molecular formula is C17H17FN4O2S. The van der Waals surface area contributed by atoms with E-state index in [4.69, 9.17) is 0 Å². The Hall–Kier alpha value is -2.45. The van der Waals surface area contributed by atoms with Gasteiger partial charge in [-0.1, -0.05) is 6.07 Å². The lowest BCUT2D eigenvalue weighted by atomic mass is 10.2. The van der Waals surface area contributed by atoms with Crippen LogP contribution in [0.3, 0.4) is 0 Å². The van der Waals surface area contributed by atoms with Crippen LogP contribution in [-0.4, -0.2) is 43.8 Å². The summed E-state index contributed by atoms with van der Waals surface area (Å²) in [4.78, 5) is 2.08. The molecule has 1 fully saturated rings. The Labute approximate surface area is 144 Å². The van der Waals surface area contributed by atoms with Crippen LogP contribution in [0, 0.1) is 5.82 Å². The molecule has 2 heterocycles. The van der Waals surface area contributed by atoms with Gasteiger partial charge in [0.05, 0.1) is 16.6 Å². The summed E-state index contributed by atoms with van der Waals surface area (Å²) < 4.78 is 40.1. The van der Waals surface area contributed by atoms with Crippen LogP contribution in [0.4, 0.5) is 10.1 Å². The molecule has 0 saturated carbocycles. The van der Waals surface area contributed by atoms with Crippen molar-refractivity contribution in [2.75, 3.05) is 31.1 Å². The monoisotopic (exact) mass is 360 g/mol. The van der Waals surface area contributed by atoms with Crippen molar-refractivity contribution in [1.29, 1.82) is 0 Å². The molecule has 8 heteroatoms. The Morgan fingerprint density at radius 2 is 1.88 bits per heavy atom. The molecular weight excluding hydrogens is 343 g/mol. The summed E-state index contributed by atoms with van der Waals surface area (Å²) in [5, 5.41) is 8.04. The summed E-state index contributed by atoms with van der Waals surface area (Å²) in [5.74, 6) is -0.598. The van der Waals surface area contributed by atoms with E-state index in [9.17, 15) is 12.8 Å². The first-order chi connectivity index (χ1) is 12.1. The minimum atomic E-state index is -3.96. The number of hydrogen-bond acceptors (Lipinski definition) is 5. The quantitative estimate of drug-likeness (QED) is 0.772. The molecule has 6 nitrogen and oxygen atoms in total. The van der Waals surface area contributed by atoms with Crippen LogP contribution in [-0.2, 0) is 10.0 Å². The third-order valence-corrected chi connectivity index (χ3v) is 5.92. The summed E-state index contributed by atoms with van der Waals surface area (Å²) in [6, 6.07) is 10.6. The number of nitrogens with zero attached hydrogens (tertiary/aromatic N) is 3. The normalized spacial score (nSPS) is 15.6. The van der Waals surface area contributed by atoms with Gasteiger partial charge < -0.3 is 10.2 Å². The van der Waals surface area contributed by atoms with E-state index in [1.54, 1.807) is 0 Å². The van der Waals surface area contributed by atoms with Gasteiger partial charge in [-0.2, -0.15) is 17.6 Å². The number of halogens is 1. The number of hydrogen-bond donors (Lipinski definition) is 1. The number of nitrogens with one attached hydrogen (secondary N) is 1. The lowest BCUT2D eigenvalue weighted by Gasteiger charge is -2.29. The van der Waals surface area contributed by atoms with Gasteiger partial charge in [-0.15, -0.1) is 0 Å². The Kier molecular flexibility index (Phi) is 3.93. The number of rotatable bonds is 3. The second-order valence-electron chi connectivity index (χ2n) is 5.93. The Balaban J connectivity index is 1.82. The molecule has 1 N–H and O–H groups in total. The van der Waals surface area contributed by atoms with E-state index in [0.717, 1.165) is 47.4 Å². The highest BCUT2D eigenvalue weighted by molar-refractivity contribution is 7.90. The van der Waals surface area contributed by atoms with Gasteiger partial charge in [0.1, 0.15) is 5.82 Å². The van der Waals surface area contributed by atoms with E-state index >= 15 is 0 Å². The predicted molar refractivity (Wildman–Crippen MR) is 93.8 cm³/mol. The molecule has 0 unspecified atom stereocenters. The van der Waals surface area contributed by atoms with Crippen LogP contribution in [0.1, 0.15) is 0 Å². The molecule has 25 heavy (non-hydrogen) atoms. The van der Waals surface area contributed by atoms with Crippen molar-refractivity contribution in [1.82, 2.24) is 14.5 Å². The van der Waals surface area contributed by atoms with E-state index in [0.29, 0.717) is 5.52 Å². The summed E-state index contributed by atoms with van der Waals surface area (Å²) in [6.07, 6.45) is 1.51. The van der Waals surface area contributed by atoms with E-state index < -0.39 is 15.8 Å². The highest BCUT2D eigenvalue weighted by atomic mass is 32.2.